The predicted molar refractivity (Wildman–Crippen MR) is 86.4 cm³/mol. The van der Waals surface area contributed by atoms with Crippen LogP contribution in [0, 0.1) is 5.92 Å². The van der Waals surface area contributed by atoms with E-state index in [1.165, 1.54) is 18.2 Å². The van der Waals surface area contributed by atoms with Crippen molar-refractivity contribution in [1.82, 2.24) is 10.2 Å². The van der Waals surface area contributed by atoms with Gasteiger partial charge in [0.15, 0.2) is 0 Å². The first-order valence-corrected chi connectivity index (χ1v) is 8.12. The summed E-state index contributed by atoms with van der Waals surface area (Å²) in [5.74, 6) is 0.0526. The minimum atomic E-state index is -2.91. The molecule has 1 saturated heterocycles. The zero-order valence-electron chi connectivity index (χ0n) is 14.0. The van der Waals surface area contributed by atoms with Gasteiger partial charge in [0, 0.05) is 31.2 Å². The van der Waals surface area contributed by atoms with Gasteiger partial charge in [0.2, 0.25) is 0 Å². The first-order chi connectivity index (χ1) is 11.5. The van der Waals surface area contributed by atoms with Crippen LogP contribution < -0.4 is 10.1 Å². The number of rotatable bonds is 7. The molecular formula is C17H24F2N2O3. The maximum atomic E-state index is 12.3. The normalized spacial score (nSPS) is 17.1. The summed E-state index contributed by atoms with van der Waals surface area (Å²) in [6.07, 6.45) is 0. The summed E-state index contributed by atoms with van der Waals surface area (Å²) in [6.45, 7) is 4.90. The number of halogens is 2. The fourth-order valence-corrected chi connectivity index (χ4v) is 2.81. The van der Waals surface area contributed by atoms with E-state index >= 15 is 0 Å². The van der Waals surface area contributed by atoms with E-state index in [9.17, 15) is 13.6 Å². The summed E-state index contributed by atoms with van der Waals surface area (Å²) in [5.41, 5.74) is 0.303. The third-order valence-corrected chi connectivity index (χ3v) is 4.08. The second-order valence-corrected chi connectivity index (χ2v) is 6.08. The molecule has 7 heteroatoms. The van der Waals surface area contributed by atoms with Gasteiger partial charge in [0.1, 0.15) is 5.75 Å². The Hall–Kier alpha value is -1.73. The summed E-state index contributed by atoms with van der Waals surface area (Å²) < 4.78 is 34.2. The Morgan fingerprint density at radius 1 is 1.33 bits per heavy atom. The highest BCUT2D eigenvalue weighted by Gasteiger charge is 2.24. The smallest absolute Gasteiger partial charge is 0.387 e. The Balaban J connectivity index is 1.95. The minimum Gasteiger partial charge on any atom is -0.435 e. The lowest BCUT2D eigenvalue weighted by atomic mass is 10.0. The first kappa shape index (κ1) is 18.6. The van der Waals surface area contributed by atoms with E-state index in [2.05, 4.69) is 28.8 Å². The van der Waals surface area contributed by atoms with Crippen LogP contribution in [0.25, 0.3) is 0 Å². The molecule has 0 spiro atoms. The van der Waals surface area contributed by atoms with Crippen LogP contribution in [0.2, 0.25) is 0 Å². The summed E-state index contributed by atoms with van der Waals surface area (Å²) in [7, 11) is 0. The molecule has 0 aromatic heterocycles. The number of nitrogens with zero attached hydrogens (tertiary/aromatic N) is 1. The van der Waals surface area contributed by atoms with Crippen LogP contribution >= 0.6 is 0 Å². The van der Waals surface area contributed by atoms with Crippen molar-refractivity contribution in [3.05, 3.63) is 29.8 Å². The number of hydrogen-bond donors (Lipinski definition) is 1. The van der Waals surface area contributed by atoms with Gasteiger partial charge in [-0.2, -0.15) is 8.78 Å². The second kappa shape index (κ2) is 8.94. The van der Waals surface area contributed by atoms with Gasteiger partial charge in [-0.25, -0.2) is 0 Å². The molecule has 1 aromatic rings. The molecule has 0 aliphatic carbocycles. The van der Waals surface area contributed by atoms with Crippen LogP contribution in [-0.4, -0.2) is 56.3 Å². The molecule has 0 saturated carbocycles. The second-order valence-electron chi connectivity index (χ2n) is 6.08. The highest BCUT2D eigenvalue weighted by atomic mass is 19.3. The number of benzene rings is 1. The number of amides is 1. The maximum absolute atomic E-state index is 12.3. The highest BCUT2D eigenvalue weighted by Crippen LogP contribution is 2.16. The number of carbonyl (C=O) groups is 1. The number of carbonyl (C=O) groups excluding carboxylic acids is 1. The van der Waals surface area contributed by atoms with E-state index in [1.807, 2.05) is 0 Å². The molecule has 0 unspecified atom stereocenters. The average molecular weight is 342 g/mol. The number of alkyl halides is 2. The van der Waals surface area contributed by atoms with Gasteiger partial charge in [-0.3, -0.25) is 9.69 Å². The van der Waals surface area contributed by atoms with Crippen molar-refractivity contribution in [3.63, 3.8) is 0 Å². The lowest BCUT2D eigenvalue weighted by Crippen LogP contribution is -2.51. The monoisotopic (exact) mass is 342 g/mol. The first-order valence-electron chi connectivity index (χ1n) is 8.12. The van der Waals surface area contributed by atoms with E-state index in [0.717, 1.165) is 13.1 Å². The number of hydrogen-bond acceptors (Lipinski definition) is 4. The van der Waals surface area contributed by atoms with Gasteiger partial charge in [-0.15, -0.1) is 0 Å². The van der Waals surface area contributed by atoms with E-state index < -0.39 is 6.61 Å². The fourth-order valence-electron chi connectivity index (χ4n) is 2.81. The summed E-state index contributed by atoms with van der Waals surface area (Å²) in [5, 5.41) is 2.89. The van der Waals surface area contributed by atoms with Crippen molar-refractivity contribution in [2.75, 3.05) is 32.8 Å². The lowest BCUT2D eigenvalue weighted by Gasteiger charge is -2.36. The topological polar surface area (TPSA) is 50.8 Å². The van der Waals surface area contributed by atoms with Crippen molar-refractivity contribution in [3.8, 4) is 5.75 Å². The molecule has 1 atom stereocenters. The lowest BCUT2D eigenvalue weighted by molar-refractivity contribution is -0.0498. The number of nitrogens with one attached hydrogen (secondary N) is 1. The number of ether oxygens (including phenoxy) is 2. The van der Waals surface area contributed by atoms with Gasteiger partial charge in [0.25, 0.3) is 5.91 Å². The molecule has 0 radical (unpaired) electrons. The maximum Gasteiger partial charge on any atom is 0.387 e. The molecule has 1 aliphatic rings. The summed E-state index contributed by atoms with van der Waals surface area (Å²) in [6, 6.07) is 6.02. The number of morpholine rings is 1. The third-order valence-electron chi connectivity index (χ3n) is 4.08. The van der Waals surface area contributed by atoms with E-state index in [-0.39, 0.29) is 17.7 Å². The van der Waals surface area contributed by atoms with Crippen LogP contribution in [0.1, 0.15) is 24.2 Å². The molecule has 5 nitrogen and oxygen atoms in total. The van der Waals surface area contributed by atoms with Gasteiger partial charge in [-0.05, 0) is 24.1 Å². The third kappa shape index (κ3) is 5.42. The van der Waals surface area contributed by atoms with Crippen molar-refractivity contribution >= 4 is 5.91 Å². The van der Waals surface area contributed by atoms with Crippen molar-refractivity contribution in [1.29, 1.82) is 0 Å². The molecule has 1 fully saturated rings. The predicted octanol–water partition coefficient (Wildman–Crippen LogP) is 2.37. The Morgan fingerprint density at radius 2 is 2.04 bits per heavy atom. The van der Waals surface area contributed by atoms with Crippen LogP contribution in [0.3, 0.4) is 0 Å². The fraction of sp³-hybridized carbons (Fsp3) is 0.588. The Morgan fingerprint density at radius 3 is 2.67 bits per heavy atom. The molecule has 0 bridgehead atoms. The standard InChI is InChI=1S/C17H24F2N2O3/c1-12(2)15(21-6-8-23-9-7-21)11-20-16(22)13-4-3-5-14(10-13)24-17(18)19/h3-5,10,12,15,17H,6-9,11H2,1-2H3,(H,20,22)/t15-/m0/s1. The molecule has 24 heavy (non-hydrogen) atoms. The molecule has 1 amide bonds. The van der Waals surface area contributed by atoms with Crippen LogP contribution in [-0.2, 0) is 4.74 Å². The highest BCUT2D eigenvalue weighted by molar-refractivity contribution is 5.94. The molecule has 1 aliphatic heterocycles. The summed E-state index contributed by atoms with van der Waals surface area (Å²) in [4.78, 5) is 14.6. The zero-order chi connectivity index (χ0) is 17.5. The van der Waals surface area contributed by atoms with E-state index in [4.69, 9.17) is 4.74 Å². The van der Waals surface area contributed by atoms with Crippen LogP contribution in [0.5, 0.6) is 5.75 Å². The molecule has 1 aromatic carbocycles. The molecule has 2 rings (SSSR count). The Kier molecular flexibility index (Phi) is 6.93. The van der Waals surface area contributed by atoms with Gasteiger partial charge < -0.3 is 14.8 Å². The molecule has 134 valence electrons. The summed E-state index contributed by atoms with van der Waals surface area (Å²) >= 11 is 0. The Bertz CT molecular complexity index is 534. The van der Waals surface area contributed by atoms with Gasteiger partial charge >= 0.3 is 6.61 Å². The molecule has 1 heterocycles. The van der Waals surface area contributed by atoms with Gasteiger partial charge in [0.05, 0.1) is 13.2 Å². The van der Waals surface area contributed by atoms with Crippen molar-refractivity contribution < 1.29 is 23.0 Å². The molecular weight excluding hydrogens is 318 g/mol. The van der Waals surface area contributed by atoms with Crippen LogP contribution in [0.15, 0.2) is 24.3 Å². The Labute approximate surface area is 140 Å². The molecule has 1 N–H and O–H groups in total. The minimum absolute atomic E-state index is 0.0220. The SMILES string of the molecule is CC(C)[C@H](CNC(=O)c1cccc(OC(F)F)c1)N1CCOCC1. The quantitative estimate of drug-likeness (QED) is 0.827. The van der Waals surface area contributed by atoms with E-state index in [1.54, 1.807) is 6.07 Å². The van der Waals surface area contributed by atoms with Gasteiger partial charge in [-0.1, -0.05) is 19.9 Å². The van der Waals surface area contributed by atoms with Crippen LogP contribution in [0.4, 0.5) is 8.78 Å². The zero-order valence-corrected chi connectivity index (χ0v) is 14.0. The largest absolute Gasteiger partial charge is 0.435 e. The van der Waals surface area contributed by atoms with Crippen molar-refractivity contribution in [2.24, 2.45) is 5.92 Å². The van der Waals surface area contributed by atoms with E-state index in [0.29, 0.717) is 31.2 Å². The average Bonchev–Trinajstić information content (AvgIpc) is 2.55. The van der Waals surface area contributed by atoms with Crippen molar-refractivity contribution in [2.45, 2.75) is 26.5 Å².